The van der Waals surface area contributed by atoms with Crippen LogP contribution in [-0.2, 0) is 14.4 Å². The van der Waals surface area contributed by atoms with Crippen LogP contribution < -0.4 is 14.4 Å². The molecule has 8 heteroatoms. The lowest BCUT2D eigenvalue weighted by Gasteiger charge is -2.33. The average Bonchev–Trinajstić information content (AvgIpc) is 3.19. The van der Waals surface area contributed by atoms with Crippen molar-refractivity contribution in [1.82, 2.24) is 5.01 Å². The first-order valence-electron chi connectivity index (χ1n) is 9.84. The Hall–Kier alpha value is -3.16. The molecule has 2 fully saturated rings. The molecule has 0 aromatic heterocycles. The van der Waals surface area contributed by atoms with Crippen LogP contribution in [0.1, 0.15) is 20.8 Å². The predicted octanol–water partition coefficient (Wildman–Crippen LogP) is 2.03. The van der Waals surface area contributed by atoms with Gasteiger partial charge >= 0.3 is 0 Å². The van der Waals surface area contributed by atoms with Gasteiger partial charge in [-0.1, -0.05) is 26.8 Å². The van der Waals surface area contributed by atoms with Crippen LogP contribution in [-0.4, -0.2) is 55.1 Å². The first kappa shape index (κ1) is 20.1. The maximum Gasteiger partial charge on any atom is 0.240 e. The molecular weight excluding hydrogens is 386 g/mol. The summed E-state index contributed by atoms with van der Waals surface area (Å²) < 4.78 is 10.7. The Morgan fingerprint density at radius 1 is 1.07 bits per heavy atom. The number of nitrogens with zero attached hydrogens (tertiary/aromatic N) is 3. The van der Waals surface area contributed by atoms with E-state index in [0.29, 0.717) is 17.2 Å². The molecule has 3 aliphatic rings. The number of imide groups is 1. The second-order valence-electron chi connectivity index (χ2n) is 8.68. The number of anilines is 1. The van der Waals surface area contributed by atoms with Crippen LogP contribution in [0.15, 0.2) is 35.5 Å². The highest BCUT2D eigenvalue weighted by atomic mass is 16.5. The Morgan fingerprint density at radius 3 is 2.40 bits per heavy atom. The molecule has 0 bridgehead atoms. The van der Waals surface area contributed by atoms with E-state index in [1.165, 1.54) is 14.2 Å². The minimum absolute atomic E-state index is 0.118. The molecule has 0 aliphatic carbocycles. The van der Waals surface area contributed by atoms with Crippen molar-refractivity contribution in [3.63, 3.8) is 0 Å². The molecule has 158 valence electrons. The highest BCUT2D eigenvalue weighted by Gasteiger charge is 2.65. The fourth-order valence-electron chi connectivity index (χ4n) is 4.49. The summed E-state index contributed by atoms with van der Waals surface area (Å²) in [6.07, 6.45) is 5.16. The number of ketones is 1. The summed E-state index contributed by atoms with van der Waals surface area (Å²) in [6.45, 7) is 5.43. The maximum absolute atomic E-state index is 13.6. The summed E-state index contributed by atoms with van der Waals surface area (Å²) in [5.74, 6) is -1.54. The fourth-order valence-corrected chi connectivity index (χ4v) is 4.49. The van der Waals surface area contributed by atoms with Crippen molar-refractivity contribution in [2.75, 3.05) is 19.1 Å². The standard InChI is InChI=1S/C22H25N3O5/c1-22(2,3)19(26)18-17-16(13-7-6-10-23-25(13)18)20(27)24(21(17)28)14-11-12(29-4)8-9-15(14)30-5/h6-11,13,16-18H,1-5H3/t13-,16-,17-,18+/m1/s1. The van der Waals surface area contributed by atoms with Gasteiger partial charge in [0.25, 0.3) is 0 Å². The quantitative estimate of drug-likeness (QED) is 0.705. The number of fused-ring (bicyclic) bond motifs is 3. The number of carbonyl (C=O) groups excluding carboxylic acids is 3. The van der Waals surface area contributed by atoms with Gasteiger partial charge in [-0.25, -0.2) is 4.90 Å². The van der Waals surface area contributed by atoms with E-state index in [1.54, 1.807) is 35.5 Å². The van der Waals surface area contributed by atoms with Gasteiger partial charge in [-0.15, -0.1) is 0 Å². The van der Waals surface area contributed by atoms with Crippen LogP contribution in [0.4, 0.5) is 5.69 Å². The number of methoxy groups -OCH3 is 2. The summed E-state index contributed by atoms with van der Waals surface area (Å²) in [7, 11) is 2.98. The van der Waals surface area contributed by atoms with Crippen LogP contribution in [0, 0.1) is 17.3 Å². The summed E-state index contributed by atoms with van der Waals surface area (Å²) in [6, 6.07) is 3.69. The fraction of sp³-hybridized carbons (Fsp3) is 0.455. The molecular formula is C22H25N3O5. The highest BCUT2D eigenvalue weighted by Crippen LogP contribution is 2.48. The molecule has 0 N–H and O–H groups in total. The average molecular weight is 411 g/mol. The summed E-state index contributed by atoms with van der Waals surface area (Å²) in [5.41, 5.74) is -0.372. The van der Waals surface area contributed by atoms with E-state index < -0.39 is 35.2 Å². The molecule has 3 heterocycles. The van der Waals surface area contributed by atoms with Crippen LogP contribution in [0.2, 0.25) is 0 Å². The van der Waals surface area contributed by atoms with Crippen molar-refractivity contribution < 1.29 is 23.9 Å². The minimum atomic E-state index is -0.815. The largest absolute Gasteiger partial charge is 0.497 e. The lowest BCUT2D eigenvalue weighted by molar-refractivity contribution is -0.136. The van der Waals surface area contributed by atoms with Gasteiger partial charge in [0.2, 0.25) is 11.8 Å². The van der Waals surface area contributed by atoms with Crippen LogP contribution in [0.5, 0.6) is 11.5 Å². The first-order chi connectivity index (χ1) is 14.2. The SMILES string of the molecule is COc1ccc(OC)c(N2C(=O)[C@@H]3[C@H](C2=O)[C@H]2C=CC=NN2[C@@H]3C(=O)C(C)(C)C)c1. The van der Waals surface area contributed by atoms with Gasteiger partial charge in [-0.2, -0.15) is 5.10 Å². The topological polar surface area (TPSA) is 88.5 Å². The summed E-state index contributed by atoms with van der Waals surface area (Å²) in [5, 5.41) is 5.97. The van der Waals surface area contributed by atoms with Crippen LogP contribution in [0.25, 0.3) is 0 Å². The number of hydrogen-bond donors (Lipinski definition) is 0. The van der Waals surface area contributed by atoms with Gasteiger partial charge in [-0.05, 0) is 18.2 Å². The maximum atomic E-state index is 13.6. The van der Waals surface area contributed by atoms with E-state index in [9.17, 15) is 14.4 Å². The van der Waals surface area contributed by atoms with Crippen molar-refractivity contribution in [3.05, 3.63) is 30.4 Å². The zero-order chi connectivity index (χ0) is 21.8. The molecule has 3 aliphatic heterocycles. The van der Waals surface area contributed by atoms with Gasteiger partial charge < -0.3 is 9.47 Å². The molecule has 2 saturated heterocycles. The first-order valence-corrected chi connectivity index (χ1v) is 9.84. The van der Waals surface area contributed by atoms with E-state index in [1.807, 2.05) is 26.8 Å². The zero-order valence-electron chi connectivity index (χ0n) is 17.7. The number of hydrogen-bond acceptors (Lipinski definition) is 7. The van der Waals surface area contributed by atoms with Crippen LogP contribution in [0.3, 0.4) is 0 Å². The third kappa shape index (κ3) is 2.81. The van der Waals surface area contributed by atoms with Crippen molar-refractivity contribution >= 4 is 29.5 Å². The van der Waals surface area contributed by atoms with Gasteiger partial charge in [0.1, 0.15) is 17.5 Å². The van der Waals surface area contributed by atoms with Crippen molar-refractivity contribution in [2.24, 2.45) is 22.4 Å². The molecule has 4 atom stereocenters. The number of benzene rings is 1. The molecule has 0 radical (unpaired) electrons. The number of Topliss-reactive ketones (excluding diaryl/α,β-unsaturated/α-hetero) is 1. The van der Waals surface area contributed by atoms with Crippen molar-refractivity contribution in [3.8, 4) is 11.5 Å². The number of rotatable bonds is 4. The molecule has 0 unspecified atom stereocenters. The van der Waals surface area contributed by atoms with E-state index in [0.717, 1.165) is 4.90 Å². The van der Waals surface area contributed by atoms with E-state index in [-0.39, 0.29) is 11.7 Å². The van der Waals surface area contributed by atoms with Gasteiger partial charge in [0.15, 0.2) is 5.78 Å². The van der Waals surface area contributed by atoms with E-state index in [4.69, 9.17) is 9.47 Å². The number of ether oxygens (including phenoxy) is 2. The van der Waals surface area contributed by atoms with Gasteiger partial charge in [0, 0.05) is 17.7 Å². The Balaban J connectivity index is 1.82. The summed E-state index contributed by atoms with van der Waals surface area (Å²) in [4.78, 5) is 41.6. The van der Waals surface area contributed by atoms with Crippen LogP contribution >= 0.6 is 0 Å². The lowest BCUT2D eigenvalue weighted by atomic mass is 9.80. The Bertz CT molecular complexity index is 977. The third-order valence-corrected chi connectivity index (χ3v) is 5.93. The molecule has 1 aromatic rings. The summed E-state index contributed by atoms with van der Waals surface area (Å²) >= 11 is 0. The second kappa shape index (κ2) is 6.97. The predicted molar refractivity (Wildman–Crippen MR) is 111 cm³/mol. The number of allylic oxidation sites excluding steroid dienone is 1. The Morgan fingerprint density at radius 2 is 1.77 bits per heavy atom. The number of hydrazone groups is 1. The van der Waals surface area contributed by atoms with E-state index >= 15 is 0 Å². The zero-order valence-corrected chi connectivity index (χ0v) is 17.7. The molecule has 1 aromatic carbocycles. The molecule has 4 rings (SSSR count). The van der Waals surface area contributed by atoms with E-state index in [2.05, 4.69) is 5.10 Å². The van der Waals surface area contributed by atoms with Crippen molar-refractivity contribution in [1.29, 1.82) is 0 Å². The van der Waals surface area contributed by atoms with Crippen molar-refractivity contribution in [2.45, 2.75) is 32.9 Å². The smallest absolute Gasteiger partial charge is 0.240 e. The minimum Gasteiger partial charge on any atom is -0.497 e. The molecule has 8 nitrogen and oxygen atoms in total. The highest BCUT2D eigenvalue weighted by molar-refractivity contribution is 6.24. The number of amides is 2. The molecule has 0 spiro atoms. The lowest BCUT2D eigenvalue weighted by Crippen LogP contribution is -2.49. The second-order valence-corrected chi connectivity index (χ2v) is 8.68. The monoisotopic (exact) mass is 411 g/mol. The third-order valence-electron chi connectivity index (χ3n) is 5.93. The Labute approximate surface area is 175 Å². The Kier molecular flexibility index (Phi) is 4.67. The molecule has 2 amide bonds. The molecule has 30 heavy (non-hydrogen) atoms. The van der Waals surface area contributed by atoms with Gasteiger partial charge in [-0.3, -0.25) is 19.4 Å². The molecule has 0 saturated carbocycles. The van der Waals surface area contributed by atoms with Gasteiger partial charge in [0.05, 0.1) is 37.8 Å². The normalized spacial score (nSPS) is 27.4. The number of carbonyl (C=O) groups is 3.